The third kappa shape index (κ3) is 8.53. The van der Waals surface area contributed by atoms with E-state index >= 15 is 0 Å². The van der Waals surface area contributed by atoms with Crippen LogP contribution in [-0.2, 0) is 36.8 Å². The number of carbonyl (C=O) groups is 5. The van der Waals surface area contributed by atoms with Crippen LogP contribution in [0.5, 0.6) is 5.75 Å². The van der Waals surface area contributed by atoms with Gasteiger partial charge in [-0.05, 0) is 49.4 Å². The summed E-state index contributed by atoms with van der Waals surface area (Å²) in [5.41, 5.74) is 7.45. The number of aromatic hydroxyl groups is 1. The van der Waals surface area contributed by atoms with Gasteiger partial charge in [-0.2, -0.15) is 0 Å². The van der Waals surface area contributed by atoms with Gasteiger partial charge < -0.3 is 36.8 Å². The number of nitrogens with two attached hydrogens (primary N) is 1. The Morgan fingerprint density at radius 2 is 1.60 bits per heavy atom. The van der Waals surface area contributed by atoms with Crippen LogP contribution in [0.4, 0.5) is 0 Å². The maximum Gasteiger partial charge on any atom is 0.326 e. The normalized spacial score (nSPS) is 16.9. The Balaban J connectivity index is 1.54. The largest absolute Gasteiger partial charge is 0.508 e. The molecule has 2 aromatic rings. The number of phenolic OH excluding ortho intramolecular Hbond substituents is 1. The SMILES string of the molecule is C[C@@H](NC(=O)[C@@H](N)Cc1ccc(O)cc1)C(=O)NCC(=O)N[C@@H](Cc1ccccc1)C(=O)N1CCC[C@H]1C(=O)O. The van der Waals surface area contributed by atoms with Crippen molar-refractivity contribution < 1.29 is 34.2 Å². The third-order valence-corrected chi connectivity index (χ3v) is 6.64. The zero-order valence-corrected chi connectivity index (χ0v) is 22.2. The maximum atomic E-state index is 13.3. The van der Waals surface area contributed by atoms with Crippen LogP contribution in [0.2, 0.25) is 0 Å². The Morgan fingerprint density at radius 1 is 0.950 bits per heavy atom. The van der Waals surface area contributed by atoms with Crippen molar-refractivity contribution in [2.75, 3.05) is 13.1 Å². The van der Waals surface area contributed by atoms with Crippen LogP contribution in [0, 0.1) is 0 Å². The van der Waals surface area contributed by atoms with E-state index in [0.717, 1.165) is 11.1 Å². The van der Waals surface area contributed by atoms with Crippen molar-refractivity contribution in [2.24, 2.45) is 5.73 Å². The third-order valence-electron chi connectivity index (χ3n) is 6.64. The van der Waals surface area contributed by atoms with E-state index in [2.05, 4.69) is 16.0 Å². The van der Waals surface area contributed by atoms with Crippen molar-refractivity contribution in [1.82, 2.24) is 20.9 Å². The topological polar surface area (TPSA) is 191 Å². The standard InChI is InChI=1S/C28H35N5O7/c1-17(31-26(37)21(29)14-19-9-11-20(34)12-10-19)25(36)30-16-24(35)32-22(15-18-6-3-2-4-7-18)27(38)33-13-5-8-23(33)28(39)40/h2-4,6-7,9-12,17,21-23,34H,5,8,13-16,29H2,1H3,(H,30,36)(H,31,37)(H,32,35)(H,39,40)/t17-,21+,22+,23+/m1/s1. The number of carboxylic acid groups (broad SMARTS) is 1. The molecule has 214 valence electrons. The molecule has 0 spiro atoms. The number of hydrogen-bond donors (Lipinski definition) is 6. The van der Waals surface area contributed by atoms with Crippen LogP contribution in [0.1, 0.15) is 30.9 Å². The van der Waals surface area contributed by atoms with Gasteiger partial charge in [0.15, 0.2) is 0 Å². The summed E-state index contributed by atoms with van der Waals surface area (Å²) in [5.74, 6) is -3.34. The van der Waals surface area contributed by atoms with E-state index in [-0.39, 0.29) is 25.1 Å². The fourth-order valence-electron chi connectivity index (χ4n) is 4.47. The molecule has 12 heteroatoms. The van der Waals surface area contributed by atoms with Gasteiger partial charge in [-0.15, -0.1) is 0 Å². The highest BCUT2D eigenvalue weighted by Gasteiger charge is 2.37. The Morgan fingerprint density at radius 3 is 2.25 bits per heavy atom. The fraction of sp³-hybridized carbons (Fsp3) is 0.393. The van der Waals surface area contributed by atoms with E-state index < -0.39 is 60.3 Å². The number of hydrogen-bond acceptors (Lipinski definition) is 7. The van der Waals surface area contributed by atoms with E-state index in [9.17, 15) is 34.2 Å². The van der Waals surface area contributed by atoms with Crippen molar-refractivity contribution in [2.45, 2.75) is 56.8 Å². The second-order valence-corrected chi connectivity index (χ2v) is 9.76. The number of carbonyl (C=O) groups excluding carboxylic acids is 4. The molecule has 40 heavy (non-hydrogen) atoms. The summed E-state index contributed by atoms with van der Waals surface area (Å²) in [6.07, 6.45) is 1.23. The van der Waals surface area contributed by atoms with Crippen LogP contribution < -0.4 is 21.7 Å². The zero-order chi connectivity index (χ0) is 29.2. The summed E-state index contributed by atoms with van der Waals surface area (Å²) in [5, 5.41) is 26.4. The van der Waals surface area contributed by atoms with Gasteiger partial charge >= 0.3 is 5.97 Å². The molecule has 0 bridgehead atoms. The summed E-state index contributed by atoms with van der Waals surface area (Å²) >= 11 is 0. The molecule has 3 rings (SSSR count). The molecule has 2 aromatic carbocycles. The van der Waals surface area contributed by atoms with Crippen LogP contribution >= 0.6 is 0 Å². The molecule has 4 amide bonds. The number of aliphatic carboxylic acids is 1. The molecule has 0 aromatic heterocycles. The number of carboxylic acids is 1. The van der Waals surface area contributed by atoms with Crippen molar-refractivity contribution in [3.05, 3.63) is 65.7 Å². The molecule has 4 atom stereocenters. The predicted octanol–water partition coefficient (Wildman–Crippen LogP) is -0.314. The van der Waals surface area contributed by atoms with E-state index in [0.29, 0.717) is 12.8 Å². The summed E-state index contributed by atoms with van der Waals surface area (Å²) in [7, 11) is 0. The fourth-order valence-corrected chi connectivity index (χ4v) is 4.47. The van der Waals surface area contributed by atoms with Gasteiger partial charge in [-0.25, -0.2) is 4.79 Å². The molecular formula is C28H35N5O7. The molecule has 0 aliphatic carbocycles. The Kier molecular flexibility index (Phi) is 10.6. The summed E-state index contributed by atoms with van der Waals surface area (Å²) in [4.78, 5) is 63.8. The van der Waals surface area contributed by atoms with Gasteiger partial charge in [0.2, 0.25) is 23.6 Å². The van der Waals surface area contributed by atoms with Crippen molar-refractivity contribution in [3.63, 3.8) is 0 Å². The molecule has 0 radical (unpaired) electrons. The second kappa shape index (κ2) is 14.1. The van der Waals surface area contributed by atoms with Gasteiger partial charge in [0, 0.05) is 13.0 Å². The van der Waals surface area contributed by atoms with E-state index in [4.69, 9.17) is 5.73 Å². The molecule has 12 nitrogen and oxygen atoms in total. The number of likely N-dealkylation sites (tertiary alicyclic amines) is 1. The first-order valence-corrected chi connectivity index (χ1v) is 13.0. The highest BCUT2D eigenvalue weighted by Crippen LogP contribution is 2.19. The number of rotatable bonds is 12. The molecule has 1 aliphatic heterocycles. The van der Waals surface area contributed by atoms with Crippen LogP contribution in [0.15, 0.2) is 54.6 Å². The van der Waals surface area contributed by atoms with Crippen molar-refractivity contribution >= 4 is 29.6 Å². The highest BCUT2D eigenvalue weighted by molar-refractivity contribution is 5.94. The van der Waals surface area contributed by atoms with E-state index in [1.165, 1.54) is 24.0 Å². The first kappa shape index (κ1) is 30.1. The smallest absolute Gasteiger partial charge is 0.326 e. The molecule has 7 N–H and O–H groups in total. The number of benzene rings is 2. The zero-order valence-electron chi connectivity index (χ0n) is 22.2. The summed E-state index contributed by atoms with van der Waals surface area (Å²) in [6.45, 7) is 1.26. The van der Waals surface area contributed by atoms with E-state index in [1.807, 2.05) is 6.07 Å². The number of nitrogens with zero attached hydrogens (tertiary/aromatic N) is 1. The van der Waals surface area contributed by atoms with Gasteiger partial charge in [-0.1, -0.05) is 42.5 Å². The van der Waals surface area contributed by atoms with E-state index in [1.54, 1.807) is 36.4 Å². The minimum atomic E-state index is -1.10. The van der Waals surface area contributed by atoms with Gasteiger partial charge in [0.05, 0.1) is 12.6 Å². The molecule has 1 heterocycles. The Hall–Kier alpha value is -4.45. The minimum absolute atomic E-state index is 0.0901. The molecule has 0 unspecified atom stereocenters. The summed E-state index contributed by atoms with van der Waals surface area (Å²) in [6, 6.07) is 11.3. The minimum Gasteiger partial charge on any atom is -0.508 e. The molecule has 1 aliphatic rings. The predicted molar refractivity (Wildman–Crippen MR) is 145 cm³/mol. The Labute approximate surface area is 231 Å². The number of nitrogens with one attached hydrogen (secondary N) is 3. The lowest BCUT2D eigenvalue weighted by Gasteiger charge is -2.27. The summed E-state index contributed by atoms with van der Waals surface area (Å²) < 4.78 is 0. The maximum absolute atomic E-state index is 13.3. The van der Waals surface area contributed by atoms with Gasteiger partial charge in [0.1, 0.15) is 23.9 Å². The number of phenols is 1. The quantitative estimate of drug-likeness (QED) is 0.206. The first-order chi connectivity index (χ1) is 19.0. The molecule has 1 fully saturated rings. The first-order valence-electron chi connectivity index (χ1n) is 13.0. The molecule has 0 saturated carbocycles. The van der Waals surface area contributed by atoms with Gasteiger partial charge in [0.25, 0.3) is 0 Å². The Bertz CT molecular complexity index is 1210. The monoisotopic (exact) mass is 553 g/mol. The second-order valence-electron chi connectivity index (χ2n) is 9.76. The average molecular weight is 554 g/mol. The number of amides is 4. The van der Waals surface area contributed by atoms with Crippen LogP contribution in [0.25, 0.3) is 0 Å². The van der Waals surface area contributed by atoms with Crippen LogP contribution in [-0.4, -0.2) is 82.0 Å². The molecular weight excluding hydrogens is 518 g/mol. The van der Waals surface area contributed by atoms with Crippen molar-refractivity contribution in [3.8, 4) is 5.75 Å². The van der Waals surface area contributed by atoms with Crippen molar-refractivity contribution in [1.29, 1.82) is 0 Å². The molecule has 1 saturated heterocycles. The van der Waals surface area contributed by atoms with Gasteiger partial charge in [-0.3, -0.25) is 19.2 Å². The lowest BCUT2D eigenvalue weighted by Crippen LogP contribution is -2.55. The highest BCUT2D eigenvalue weighted by atomic mass is 16.4. The van der Waals surface area contributed by atoms with Crippen LogP contribution in [0.3, 0.4) is 0 Å². The lowest BCUT2D eigenvalue weighted by atomic mass is 10.0. The lowest BCUT2D eigenvalue weighted by molar-refractivity contribution is -0.149. The average Bonchev–Trinajstić information content (AvgIpc) is 3.43.